The van der Waals surface area contributed by atoms with Crippen molar-refractivity contribution in [2.75, 3.05) is 11.6 Å². The average molecular weight is 273 g/mol. The molecular formula is C15H32N2S. The molecule has 0 amide bonds. The van der Waals surface area contributed by atoms with Crippen LogP contribution < -0.4 is 10.5 Å². The van der Waals surface area contributed by atoms with E-state index in [-0.39, 0.29) is 5.54 Å². The second kappa shape index (κ2) is 6.81. The van der Waals surface area contributed by atoms with Gasteiger partial charge in [-0.25, -0.2) is 0 Å². The van der Waals surface area contributed by atoms with E-state index in [0.717, 1.165) is 5.75 Å². The van der Waals surface area contributed by atoms with Crippen LogP contribution in [0, 0.1) is 17.5 Å². The lowest BCUT2D eigenvalue weighted by molar-refractivity contribution is 0.461. The molecule has 0 aliphatic heterocycles. The number of nitrogens with one attached hydrogen (secondary N) is 1. The van der Waals surface area contributed by atoms with E-state index in [1.54, 1.807) is 0 Å². The first-order valence-electron chi connectivity index (χ1n) is 6.80. The fraction of sp³-hybridized carbons (Fsp3) is 0.800. The molecule has 2 atom stereocenters. The normalized spacial score (nSPS) is 18.8. The summed E-state index contributed by atoms with van der Waals surface area (Å²) in [4.78, 5) is 0. The van der Waals surface area contributed by atoms with E-state index < -0.39 is 9.62 Å². The van der Waals surface area contributed by atoms with Crippen LogP contribution in [0.3, 0.4) is 0 Å². The number of hydrogen-bond acceptors (Lipinski definition) is 2. The summed E-state index contributed by atoms with van der Waals surface area (Å²) in [6, 6.07) is 0. The van der Waals surface area contributed by atoms with E-state index >= 15 is 0 Å². The van der Waals surface area contributed by atoms with Crippen molar-refractivity contribution in [3.05, 3.63) is 11.6 Å². The average Bonchev–Trinajstić information content (AvgIpc) is 2.26. The molecule has 3 heteroatoms. The van der Waals surface area contributed by atoms with Gasteiger partial charge in [-0.1, -0.05) is 39.3 Å². The maximum atomic E-state index is 6.05. The molecule has 18 heavy (non-hydrogen) atoms. The van der Waals surface area contributed by atoms with Gasteiger partial charge in [-0.05, 0) is 38.4 Å². The van der Waals surface area contributed by atoms with Crippen molar-refractivity contribution in [1.82, 2.24) is 5.32 Å². The summed E-state index contributed by atoms with van der Waals surface area (Å²) in [7, 11) is -1.47. The molecule has 0 heterocycles. The van der Waals surface area contributed by atoms with Crippen LogP contribution >= 0.6 is 9.62 Å². The minimum absolute atomic E-state index is 0.0463. The molecule has 0 spiro atoms. The summed E-state index contributed by atoms with van der Waals surface area (Å²) in [6.07, 6.45) is 2.35. The SMILES string of the molecule is C#S(N)(CC)CNC(C)(C)/C(C)=C\C(C)C(C)C. The van der Waals surface area contributed by atoms with E-state index in [2.05, 4.69) is 52.9 Å². The lowest BCUT2D eigenvalue weighted by atomic mass is 9.89. The molecule has 0 bridgehead atoms. The standard InChI is InChI=1S/C15H32N2S/c1-9-18(8,16)11-17-15(6,7)14(5)10-13(4)12(2)3/h8,10,12-13,17H,9,11,16H2,1-7H3/b14-10-. The fourth-order valence-electron chi connectivity index (χ4n) is 1.35. The zero-order valence-corrected chi connectivity index (χ0v) is 14.0. The van der Waals surface area contributed by atoms with Gasteiger partial charge >= 0.3 is 0 Å². The van der Waals surface area contributed by atoms with Gasteiger partial charge in [-0.15, -0.1) is 15.3 Å². The highest BCUT2D eigenvalue weighted by Gasteiger charge is 2.21. The van der Waals surface area contributed by atoms with E-state index in [0.29, 0.717) is 17.7 Å². The Morgan fingerprint density at radius 2 is 1.89 bits per heavy atom. The predicted octanol–water partition coefficient (Wildman–Crippen LogP) is 3.84. The van der Waals surface area contributed by atoms with Crippen LogP contribution in [0.1, 0.15) is 48.5 Å². The van der Waals surface area contributed by atoms with Crippen molar-refractivity contribution in [2.45, 2.75) is 54.0 Å². The summed E-state index contributed by atoms with van der Waals surface area (Å²) in [5.41, 5.74) is 7.36. The zero-order chi connectivity index (χ0) is 14.6. The summed E-state index contributed by atoms with van der Waals surface area (Å²) >= 11 is 0. The van der Waals surface area contributed by atoms with Crippen molar-refractivity contribution < 1.29 is 0 Å². The van der Waals surface area contributed by atoms with Gasteiger partial charge in [0.25, 0.3) is 0 Å². The zero-order valence-electron chi connectivity index (χ0n) is 13.2. The Morgan fingerprint density at radius 3 is 2.28 bits per heavy atom. The molecule has 0 saturated carbocycles. The van der Waals surface area contributed by atoms with Crippen LogP contribution in [0.4, 0.5) is 0 Å². The molecule has 2 nitrogen and oxygen atoms in total. The molecule has 0 saturated heterocycles. The minimum Gasteiger partial charge on any atom is -0.299 e. The lowest BCUT2D eigenvalue weighted by Gasteiger charge is -2.31. The maximum Gasteiger partial charge on any atom is 0.0475 e. The Balaban J connectivity index is 4.69. The largest absolute Gasteiger partial charge is 0.299 e. The molecule has 3 N–H and O–H groups in total. The number of allylic oxidation sites excluding steroid dienone is 1. The first kappa shape index (κ1) is 17.8. The number of hydrogen-bond donors (Lipinski definition) is 2. The van der Waals surface area contributed by atoms with E-state index in [1.165, 1.54) is 5.57 Å². The van der Waals surface area contributed by atoms with Crippen LogP contribution in [0.5, 0.6) is 0 Å². The molecule has 0 aliphatic carbocycles. The topological polar surface area (TPSA) is 38.0 Å². The molecule has 0 fully saturated rings. The maximum absolute atomic E-state index is 6.05. The first-order chi connectivity index (χ1) is 8.02. The minimum atomic E-state index is -1.47. The summed E-state index contributed by atoms with van der Waals surface area (Å²) in [6.45, 7) is 15.4. The molecule has 0 rings (SSSR count). The van der Waals surface area contributed by atoms with Gasteiger partial charge < -0.3 is 0 Å². The first-order valence-corrected chi connectivity index (χ1v) is 8.89. The Kier molecular flexibility index (Phi) is 6.73. The number of nitrogens with two attached hydrogens (primary N) is 1. The van der Waals surface area contributed by atoms with E-state index in [1.807, 2.05) is 6.92 Å². The Bertz CT molecular complexity index is 382. The van der Waals surface area contributed by atoms with Gasteiger partial charge in [0.2, 0.25) is 0 Å². The van der Waals surface area contributed by atoms with Crippen LogP contribution in [-0.2, 0) is 0 Å². The van der Waals surface area contributed by atoms with Gasteiger partial charge in [-0.2, -0.15) is 0 Å². The molecule has 0 aromatic carbocycles. The van der Waals surface area contributed by atoms with Crippen molar-refractivity contribution in [3.63, 3.8) is 0 Å². The van der Waals surface area contributed by atoms with Crippen LogP contribution in [0.2, 0.25) is 0 Å². The van der Waals surface area contributed by atoms with Gasteiger partial charge in [-0.3, -0.25) is 10.5 Å². The molecule has 2 unspecified atom stereocenters. The molecule has 0 aromatic rings. The highest BCUT2D eigenvalue weighted by molar-refractivity contribution is 8.21. The van der Waals surface area contributed by atoms with E-state index in [9.17, 15) is 0 Å². The highest BCUT2D eigenvalue weighted by atomic mass is 32.2. The summed E-state index contributed by atoms with van der Waals surface area (Å²) in [5, 5.41) is 9.56. The van der Waals surface area contributed by atoms with Crippen molar-refractivity contribution >= 4 is 9.62 Å². The smallest absolute Gasteiger partial charge is 0.0475 e. The van der Waals surface area contributed by atoms with Crippen molar-refractivity contribution in [2.24, 2.45) is 17.0 Å². The predicted molar refractivity (Wildman–Crippen MR) is 87.1 cm³/mol. The Morgan fingerprint density at radius 1 is 1.39 bits per heavy atom. The van der Waals surface area contributed by atoms with Gasteiger partial charge in [0.05, 0.1) is 0 Å². The van der Waals surface area contributed by atoms with Gasteiger partial charge in [0, 0.05) is 11.4 Å². The monoisotopic (exact) mass is 272 g/mol. The molecule has 0 aromatic heterocycles. The van der Waals surface area contributed by atoms with Crippen LogP contribution in [0.25, 0.3) is 0 Å². The molecule has 0 aliphatic rings. The fourth-order valence-corrected chi connectivity index (χ4v) is 2.19. The molecular weight excluding hydrogens is 240 g/mol. The molecule has 108 valence electrons. The highest BCUT2D eigenvalue weighted by Crippen LogP contribution is 2.24. The third-order valence-electron chi connectivity index (χ3n) is 3.87. The lowest BCUT2D eigenvalue weighted by Crippen LogP contribution is -2.42. The van der Waals surface area contributed by atoms with Gasteiger partial charge in [0.1, 0.15) is 0 Å². The van der Waals surface area contributed by atoms with E-state index in [4.69, 9.17) is 10.8 Å². The van der Waals surface area contributed by atoms with Crippen LogP contribution in [-0.4, -0.2) is 17.2 Å². The second-order valence-corrected chi connectivity index (χ2v) is 9.07. The quantitative estimate of drug-likeness (QED) is 0.746. The summed E-state index contributed by atoms with van der Waals surface area (Å²) in [5.74, 6) is 2.81. The third kappa shape index (κ3) is 6.10. The molecule has 0 radical (unpaired) electrons. The number of rotatable bonds is 5. The van der Waals surface area contributed by atoms with Crippen LogP contribution in [0.15, 0.2) is 11.6 Å². The Labute approximate surface area is 115 Å². The Hall–Kier alpha value is -0.210. The van der Waals surface area contributed by atoms with Gasteiger partial charge in [0.15, 0.2) is 0 Å². The second-order valence-electron chi connectivity index (χ2n) is 6.19. The third-order valence-corrected chi connectivity index (χ3v) is 5.63. The van der Waals surface area contributed by atoms with Crippen molar-refractivity contribution in [1.29, 1.82) is 0 Å². The van der Waals surface area contributed by atoms with Crippen molar-refractivity contribution in [3.8, 4) is 5.69 Å². The summed E-state index contributed by atoms with van der Waals surface area (Å²) < 4.78 is 0.